The van der Waals surface area contributed by atoms with Crippen LogP contribution in [0, 0.1) is 0 Å². The molecule has 0 aliphatic heterocycles. The molecule has 1 aromatic heterocycles. The Hall–Kier alpha value is -3.09. The quantitative estimate of drug-likeness (QED) is 0.753. The first-order valence-electron chi connectivity index (χ1n) is 6.84. The number of carboxylic acids is 1. The number of aromatic nitrogens is 1. The first-order chi connectivity index (χ1) is 11.4. The van der Waals surface area contributed by atoms with Gasteiger partial charge in [0.2, 0.25) is 5.69 Å². The Kier molecular flexibility index (Phi) is 3.84. The van der Waals surface area contributed by atoms with Gasteiger partial charge in [0.05, 0.1) is 0 Å². The van der Waals surface area contributed by atoms with Crippen molar-refractivity contribution >= 4 is 5.97 Å². The summed E-state index contributed by atoms with van der Waals surface area (Å²) >= 11 is 0. The van der Waals surface area contributed by atoms with Crippen molar-refractivity contribution in [3.05, 3.63) is 65.9 Å². The molecule has 0 saturated carbocycles. The molecule has 2 aromatic carbocycles. The molecule has 1 heterocycles. The molecule has 0 amide bonds. The van der Waals surface area contributed by atoms with Crippen molar-refractivity contribution in [3.8, 4) is 22.5 Å². The number of benzene rings is 2. The lowest BCUT2D eigenvalue weighted by atomic mass is 9.96. The fourth-order valence-corrected chi connectivity index (χ4v) is 2.43. The second-order valence-electron chi connectivity index (χ2n) is 4.95. The van der Waals surface area contributed by atoms with Gasteiger partial charge >= 0.3 is 12.1 Å². The highest BCUT2D eigenvalue weighted by Crippen LogP contribution is 2.42. The maximum absolute atomic E-state index is 13.4. The van der Waals surface area contributed by atoms with Gasteiger partial charge in [-0.25, -0.2) is 4.79 Å². The third kappa shape index (κ3) is 2.76. The van der Waals surface area contributed by atoms with Crippen molar-refractivity contribution in [2.45, 2.75) is 6.18 Å². The van der Waals surface area contributed by atoms with Crippen LogP contribution in [0.15, 0.2) is 59.1 Å². The van der Waals surface area contributed by atoms with Gasteiger partial charge in [-0.1, -0.05) is 59.8 Å². The molecule has 0 bridgehead atoms. The van der Waals surface area contributed by atoms with E-state index in [-0.39, 0.29) is 5.56 Å². The highest BCUT2D eigenvalue weighted by Gasteiger charge is 2.43. The summed E-state index contributed by atoms with van der Waals surface area (Å²) < 4.78 is 44.9. The van der Waals surface area contributed by atoms with E-state index in [9.17, 15) is 18.0 Å². The molecule has 0 aliphatic carbocycles. The molecule has 7 heteroatoms. The molecule has 3 rings (SSSR count). The molecule has 24 heavy (non-hydrogen) atoms. The van der Waals surface area contributed by atoms with Gasteiger partial charge in [-0.2, -0.15) is 13.2 Å². The molecule has 0 saturated heterocycles. The molecular weight excluding hydrogens is 323 g/mol. The normalized spacial score (nSPS) is 11.5. The molecule has 0 radical (unpaired) electrons. The van der Waals surface area contributed by atoms with Crippen LogP contribution in [0.3, 0.4) is 0 Å². The summed E-state index contributed by atoms with van der Waals surface area (Å²) in [5.41, 5.74) is -1.26. The maximum Gasteiger partial charge on any atom is 0.422 e. The van der Waals surface area contributed by atoms with Crippen molar-refractivity contribution in [1.82, 2.24) is 5.16 Å². The standard InChI is InChI=1S/C17H10F3NO3/c18-17(19,20)13-14(16(22)23)21-24-15(13)12-9-5-4-8-11(12)10-6-2-1-3-7-10/h1-9H,(H,22,23). The Morgan fingerprint density at radius 2 is 1.54 bits per heavy atom. The zero-order valence-electron chi connectivity index (χ0n) is 12.0. The van der Waals surface area contributed by atoms with E-state index in [1.807, 2.05) is 0 Å². The summed E-state index contributed by atoms with van der Waals surface area (Å²) in [5.74, 6) is -2.41. The van der Waals surface area contributed by atoms with Crippen LogP contribution in [0.2, 0.25) is 0 Å². The van der Waals surface area contributed by atoms with Crippen molar-refractivity contribution in [2.75, 3.05) is 0 Å². The van der Waals surface area contributed by atoms with E-state index >= 15 is 0 Å². The number of carbonyl (C=O) groups is 1. The molecule has 122 valence electrons. The van der Waals surface area contributed by atoms with Crippen molar-refractivity contribution in [3.63, 3.8) is 0 Å². The second kappa shape index (κ2) is 5.84. The summed E-state index contributed by atoms with van der Waals surface area (Å²) in [6.45, 7) is 0. The summed E-state index contributed by atoms with van der Waals surface area (Å²) in [6, 6.07) is 15.0. The Morgan fingerprint density at radius 1 is 0.958 bits per heavy atom. The van der Waals surface area contributed by atoms with Gasteiger partial charge in [0.15, 0.2) is 5.76 Å². The largest absolute Gasteiger partial charge is 0.476 e. The number of aromatic carboxylic acids is 1. The first kappa shape index (κ1) is 15.8. The summed E-state index contributed by atoms with van der Waals surface area (Å²) in [4.78, 5) is 11.0. The Morgan fingerprint density at radius 3 is 2.12 bits per heavy atom. The van der Waals surface area contributed by atoms with E-state index in [1.54, 1.807) is 48.5 Å². The minimum absolute atomic E-state index is 0.121. The van der Waals surface area contributed by atoms with Gasteiger partial charge in [-0.15, -0.1) is 0 Å². The summed E-state index contributed by atoms with van der Waals surface area (Å²) in [6.07, 6.45) is -4.91. The third-order valence-electron chi connectivity index (χ3n) is 3.43. The molecular formula is C17H10F3NO3. The van der Waals surface area contributed by atoms with Crippen LogP contribution in [-0.4, -0.2) is 16.2 Å². The lowest BCUT2D eigenvalue weighted by molar-refractivity contribution is -0.137. The lowest BCUT2D eigenvalue weighted by Gasteiger charge is -2.10. The molecule has 0 spiro atoms. The number of rotatable bonds is 3. The Bertz CT molecular complexity index is 886. The topological polar surface area (TPSA) is 63.3 Å². The molecule has 0 aliphatic rings. The van der Waals surface area contributed by atoms with Gasteiger partial charge in [-0.05, 0) is 11.1 Å². The second-order valence-corrected chi connectivity index (χ2v) is 4.95. The molecule has 3 aromatic rings. The predicted molar refractivity (Wildman–Crippen MR) is 79.3 cm³/mol. The van der Waals surface area contributed by atoms with Gasteiger partial charge in [0, 0.05) is 5.56 Å². The third-order valence-corrected chi connectivity index (χ3v) is 3.43. The monoisotopic (exact) mass is 333 g/mol. The van der Waals surface area contributed by atoms with Crippen LogP contribution in [0.5, 0.6) is 0 Å². The van der Waals surface area contributed by atoms with E-state index < -0.39 is 29.2 Å². The SMILES string of the molecule is O=C(O)c1noc(-c2ccccc2-c2ccccc2)c1C(F)(F)F. The number of hydrogen-bond donors (Lipinski definition) is 1. The van der Waals surface area contributed by atoms with Crippen LogP contribution in [0.25, 0.3) is 22.5 Å². The maximum atomic E-state index is 13.4. The van der Waals surface area contributed by atoms with E-state index in [0.29, 0.717) is 11.1 Å². The average molecular weight is 333 g/mol. The molecule has 0 unspecified atom stereocenters. The minimum Gasteiger partial charge on any atom is -0.476 e. The van der Waals surface area contributed by atoms with E-state index in [2.05, 4.69) is 5.16 Å². The minimum atomic E-state index is -4.91. The number of carboxylic acid groups (broad SMARTS) is 1. The van der Waals surface area contributed by atoms with Crippen LogP contribution in [0.4, 0.5) is 13.2 Å². The van der Waals surface area contributed by atoms with E-state index in [1.165, 1.54) is 6.07 Å². The molecule has 4 nitrogen and oxygen atoms in total. The highest BCUT2D eigenvalue weighted by atomic mass is 19.4. The number of halogens is 3. The lowest BCUT2D eigenvalue weighted by Crippen LogP contribution is -2.12. The Balaban J connectivity index is 2.27. The average Bonchev–Trinajstić information content (AvgIpc) is 3.01. The zero-order valence-corrected chi connectivity index (χ0v) is 12.0. The predicted octanol–water partition coefficient (Wildman–Crippen LogP) is 4.73. The van der Waals surface area contributed by atoms with Gasteiger partial charge in [0.25, 0.3) is 0 Å². The number of hydrogen-bond acceptors (Lipinski definition) is 3. The van der Waals surface area contributed by atoms with Crippen LogP contribution in [-0.2, 0) is 6.18 Å². The molecule has 0 fully saturated rings. The van der Waals surface area contributed by atoms with Gasteiger partial charge in [-0.3, -0.25) is 0 Å². The van der Waals surface area contributed by atoms with Crippen LogP contribution in [0.1, 0.15) is 16.1 Å². The zero-order chi connectivity index (χ0) is 17.3. The van der Waals surface area contributed by atoms with E-state index in [4.69, 9.17) is 9.63 Å². The van der Waals surface area contributed by atoms with Gasteiger partial charge in [0.1, 0.15) is 5.56 Å². The van der Waals surface area contributed by atoms with Crippen molar-refractivity contribution < 1.29 is 27.6 Å². The first-order valence-corrected chi connectivity index (χ1v) is 6.84. The molecule has 1 N–H and O–H groups in total. The fraction of sp³-hybridized carbons (Fsp3) is 0.0588. The van der Waals surface area contributed by atoms with E-state index in [0.717, 1.165) is 0 Å². The van der Waals surface area contributed by atoms with Crippen LogP contribution >= 0.6 is 0 Å². The Labute approximate surface area is 134 Å². The van der Waals surface area contributed by atoms with Crippen LogP contribution < -0.4 is 0 Å². The molecule has 0 atom stereocenters. The van der Waals surface area contributed by atoms with Crippen molar-refractivity contribution in [2.24, 2.45) is 0 Å². The number of alkyl halides is 3. The fourth-order valence-electron chi connectivity index (χ4n) is 2.43. The summed E-state index contributed by atoms with van der Waals surface area (Å²) in [7, 11) is 0. The van der Waals surface area contributed by atoms with Gasteiger partial charge < -0.3 is 9.63 Å². The van der Waals surface area contributed by atoms with Crippen molar-refractivity contribution in [1.29, 1.82) is 0 Å². The smallest absolute Gasteiger partial charge is 0.422 e. The highest BCUT2D eigenvalue weighted by molar-refractivity contribution is 5.91. The summed E-state index contributed by atoms with van der Waals surface area (Å²) in [5, 5.41) is 12.1. The number of nitrogens with zero attached hydrogens (tertiary/aromatic N) is 1.